The van der Waals surface area contributed by atoms with Gasteiger partial charge in [-0.3, -0.25) is 0 Å². The summed E-state index contributed by atoms with van der Waals surface area (Å²) in [7, 11) is 1.88. The van der Waals surface area contributed by atoms with Crippen molar-refractivity contribution in [2.24, 2.45) is 0 Å². The van der Waals surface area contributed by atoms with E-state index in [1.54, 1.807) is 0 Å². The Morgan fingerprint density at radius 3 is 2.07 bits per heavy atom. The molecule has 0 bridgehead atoms. The third-order valence-corrected chi connectivity index (χ3v) is 4.39. The lowest BCUT2D eigenvalue weighted by Crippen LogP contribution is -2.43. The molecule has 0 aromatic carbocycles. The molecule has 6 nitrogen and oxygen atoms in total. The Bertz CT molecular complexity index is 161. The van der Waals surface area contributed by atoms with Crippen LogP contribution in [-0.2, 0) is 22.8 Å². The van der Waals surface area contributed by atoms with E-state index in [2.05, 4.69) is 0 Å². The second-order valence-electron chi connectivity index (χ2n) is 2.49. The van der Waals surface area contributed by atoms with Gasteiger partial charge in [0, 0.05) is 27.4 Å². The number of carbonyl (C=O) groups is 1. The van der Waals surface area contributed by atoms with E-state index in [4.69, 9.17) is 23.1 Å². The molecule has 0 fully saturated rings. The summed E-state index contributed by atoms with van der Waals surface area (Å²) >= 11 is 0. The Morgan fingerprint density at radius 2 is 1.71 bits per heavy atom. The molecule has 0 spiro atoms. The van der Waals surface area contributed by atoms with Gasteiger partial charge in [0.2, 0.25) is 0 Å². The Kier molecular flexibility index (Phi) is 6.67. The van der Waals surface area contributed by atoms with Crippen LogP contribution in [0.15, 0.2) is 0 Å². The summed E-state index contributed by atoms with van der Waals surface area (Å²) in [5.74, 6) is -0.996. The normalized spacial score (nSPS) is 11.6. The van der Waals surface area contributed by atoms with E-state index in [1.165, 1.54) is 21.3 Å². The summed E-state index contributed by atoms with van der Waals surface area (Å²) in [4.78, 5) is 10.1. The van der Waals surface area contributed by atoms with E-state index in [0.29, 0.717) is 6.04 Å². The molecule has 1 N–H and O–H groups in total. The minimum Gasteiger partial charge on any atom is -0.480 e. The lowest BCUT2D eigenvalue weighted by atomic mass is 10.7. The summed E-state index contributed by atoms with van der Waals surface area (Å²) in [6.45, 7) is -0.0737. The standard InChI is InChI=1S/C7H16O6Si/c1-10-14(11-2,12-3)5-4-13-6-7(8)9/h4-6H2,1-3H3,(H,8,9). The molecule has 0 radical (unpaired) electrons. The van der Waals surface area contributed by atoms with Crippen LogP contribution >= 0.6 is 0 Å². The first kappa shape index (κ1) is 13.5. The molecule has 0 saturated carbocycles. The summed E-state index contributed by atoms with van der Waals surface area (Å²) in [6, 6.07) is 0.434. The van der Waals surface area contributed by atoms with Gasteiger partial charge in [0.25, 0.3) is 0 Å². The fourth-order valence-corrected chi connectivity index (χ4v) is 2.42. The molecule has 0 saturated heterocycles. The smallest absolute Gasteiger partial charge is 0.480 e. The highest BCUT2D eigenvalue weighted by atomic mass is 28.4. The fraction of sp³-hybridized carbons (Fsp3) is 0.857. The lowest BCUT2D eigenvalue weighted by Gasteiger charge is -2.23. The van der Waals surface area contributed by atoms with Crippen LogP contribution in [0.3, 0.4) is 0 Å². The van der Waals surface area contributed by atoms with E-state index in [1.807, 2.05) is 0 Å². The molecule has 0 amide bonds. The second kappa shape index (κ2) is 6.90. The quantitative estimate of drug-likeness (QED) is 0.461. The van der Waals surface area contributed by atoms with Crippen LogP contribution in [0, 0.1) is 0 Å². The van der Waals surface area contributed by atoms with Crippen molar-refractivity contribution in [3.63, 3.8) is 0 Å². The molecule has 0 aliphatic heterocycles. The number of hydrogen-bond donors (Lipinski definition) is 1. The molecule has 0 heterocycles. The number of ether oxygens (including phenoxy) is 1. The SMILES string of the molecule is CO[Si](CCOCC(=O)O)(OC)OC. The van der Waals surface area contributed by atoms with Gasteiger partial charge in [-0.25, -0.2) is 4.79 Å². The summed E-state index contributed by atoms with van der Waals surface area (Å²) in [6.07, 6.45) is 0. The van der Waals surface area contributed by atoms with Crippen molar-refractivity contribution in [1.82, 2.24) is 0 Å². The van der Waals surface area contributed by atoms with Crippen LogP contribution in [0.25, 0.3) is 0 Å². The molecule has 0 rings (SSSR count). The zero-order chi connectivity index (χ0) is 11.0. The zero-order valence-electron chi connectivity index (χ0n) is 8.61. The molecule has 0 aromatic rings. The predicted octanol–water partition coefficient (Wildman–Crippen LogP) is -0.0343. The Balaban J connectivity index is 3.77. The molecular formula is C7H16O6Si. The molecular weight excluding hydrogens is 208 g/mol. The van der Waals surface area contributed by atoms with Crippen molar-refractivity contribution >= 4 is 14.8 Å². The largest absolute Gasteiger partial charge is 0.502 e. The first-order valence-corrected chi connectivity index (χ1v) is 5.98. The Morgan fingerprint density at radius 1 is 1.21 bits per heavy atom. The van der Waals surface area contributed by atoms with Gasteiger partial charge in [0.05, 0.1) is 6.61 Å². The number of hydrogen-bond acceptors (Lipinski definition) is 5. The van der Waals surface area contributed by atoms with Gasteiger partial charge >= 0.3 is 14.8 Å². The van der Waals surface area contributed by atoms with Crippen molar-refractivity contribution in [2.75, 3.05) is 34.5 Å². The first-order valence-electron chi connectivity index (χ1n) is 4.05. The number of carboxylic acids is 1. The van der Waals surface area contributed by atoms with E-state index in [0.717, 1.165) is 0 Å². The monoisotopic (exact) mass is 224 g/mol. The van der Waals surface area contributed by atoms with Gasteiger partial charge in [-0.2, -0.15) is 0 Å². The summed E-state index contributed by atoms with van der Waals surface area (Å²) in [5, 5.41) is 8.31. The molecule has 0 atom stereocenters. The highest BCUT2D eigenvalue weighted by Gasteiger charge is 2.37. The Hall–Kier alpha value is -0.473. The number of carboxylic acid groups (broad SMARTS) is 1. The predicted molar refractivity (Wildman–Crippen MR) is 50.0 cm³/mol. The van der Waals surface area contributed by atoms with Crippen LogP contribution in [-0.4, -0.2) is 54.4 Å². The van der Waals surface area contributed by atoms with Gasteiger partial charge in [0.1, 0.15) is 6.61 Å². The molecule has 84 valence electrons. The van der Waals surface area contributed by atoms with E-state index in [9.17, 15) is 4.79 Å². The topological polar surface area (TPSA) is 74.2 Å². The lowest BCUT2D eigenvalue weighted by molar-refractivity contribution is -0.142. The minimum atomic E-state index is -2.61. The van der Waals surface area contributed by atoms with Crippen molar-refractivity contribution < 1.29 is 27.9 Å². The maximum absolute atomic E-state index is 10.1. The molecule has 14 heavy (non-hydrogen) atoms. The van der Waals surface area contributed by atoms with E-state index in [-0.39, 0.29) is 13.2 Å². The number of rotatable bonds is 8. The molecule has 7 heteroatoms. The molecule has 0 aromatic heterocycles. The molecule has 0 aliphatic rings. The van der Waals surface area contributed by atoms with Crippen LogP contribution in [0.1, 0.15) is 0 Å². The average molecular weight is 224 g/mol. The number of aliphatic carboxylic acids is 1. The van der Waals surface area contributed by atoms with Crippen LogP contribution in [0.5, 0.6) is 0 Å². The van der Waals surface area contributed by atoms with E-state index >= 15 is 0 Å². The van der Waals surface area contributed by atoms with Gasteiger partial charge in [0.15, 0.2) is 0 Å². The van der Waals surface area contributed by atoms with Gasteiger partial charge < -0.3 is 23.1 Å². The molecule has 0 aliphatic carbocycles. The van der Waals surface area contributed by atoms with Gasteiger partial charge in [-0.05, 0) is 0 Å². The van der Waals surface area contributed by atoms with Crippen molar-refractivity contribution in [1.29, 1.82) is 0 Å². The van der Waals surface area contributed by atoms with Crippen LogP contribution < -0.4 is 0 Å². The average Bonchev–Trinajstić information content (AvgIpc) is 2.19. The van der Waals surface area contributed by atoms with Gasteiger partial charge in [-0.15, -0.1) is 0 Å². The van der Waals surface area contributed by atoms with Crippen molar-refractivity contribution in [3.8, 4) is 0 Å². The van der Waals surface area contributed by atoms with Gasteiger partial charge in [-0.1, -0.05) is 0 Å². The minimum absolute atomic E-state index is 0.244. The Labute approximate surface area is 84.1 Å². The van der Waals surface area contributed by atoms with E-state index < -0.39 is 14.8 Å². The first-order chi connectivity index (χ1) is 6.60. The third kappa shape index (κ3) is 4.68. The maximum Gasteiger partial charge on any atom is 0.502 e. The zero-order valence-corrected chi connectivity index (χ0v) is 9.61. The summed E-state index contributed by atoms with van der Waals surface area (Å²) in [5.41, 5.74) is 0. The summed E-state index contributed by atoms with van der Waals surface area (Å²) < 4.78 is 20.2. The van der Waals surface area contributed by atoms with Crippen LogP contribution in [0.4, 0.5) is 0 Å². The van der Waals surface area contributed by atoms with Crippen molar-refractivity contribution in [2.45, 2.75) is 6.04 Å². The highest BCUT2D eigenvalue weighted by molar-refractivity contribution is 6.60. The fourth-order valence-electron chi connectivity index (χ4n) is 0.913. The van der Waals surface area contributed by atoms with Crippen molar-refractivity contribution in [3.05, 3.63) is 0 Å². The maximum atomic E-state index is 10.1. The third-order valence-electron chi connectivity index (χ3n) is 1.71. The van der Waals surface area contributed by atoms with Crippen LogP contribution in [0.2, 0.25) is 6.04 Å². The molecule has 0 unspecified atom stereocenters. The second-order valence-corrected chi connectivity index (χ2v) is 5.58. The highest BCUT2D eigenvalue weighted by Crippen LogP contribution is 2.11.